The normalized spacial score (nSPS) is 16.4. The molecule has 116 valence electrons. The van der Waals surface area contributed by atoms with Crippen molar-refractivity contribution in [3.05, 3.63) is 11.9 Å². The summed E-state index contributed by atoms with van der Waals surface area (Å²) in [7, 11) is 2.03. The maximum Gasteiger partial charge on any atom is 0.0775 e. The third-order valence-electron chi connectivity index (χ3n) is 4.49. The molecule has 2 unspecified atom stereocenters. The quantitative estimate of drug-likeness (QED) is 0.755. The molecule has 0 fully saturated rings. The summed E-state index contributed by atoms with van der Waals surface area (Å²) in [5.74, 6) is 0. The largest absolute Gasteiger partial charge is 0.310 e. The molecular formula is C15H31N5. The van der Waals surface area contributed by atoms with Gasteiger partial charge in [0.05, 0.1) is 17.9 Å². The molecule has 2 atom stereocenters. The van der Waals surface area contributed by atoms with Gasteiger partial charge in [0.15, 0.2) is 0 Å². The summed E-state index contributed by atoms with van der Waals surface area (Å²) >= 11 is 0. The molecular weight excluding hydrogens is 250 g/mol. The molecule has 0 bridgehead atoms. The van der Waals surface area contributed by atoms with Crippen LogP contribution in [0.1, 0.15) is 59.2 Å². The van der Waals surface area contributed by atoms with Gasteiger partial charge in [0.1, 0.15) is 0 Å². The maximum atomic E-state index is 4.24. The van der Waals surface area contributed by atoms with Crippen LogP contribution in [0.5, 0.6) is 0 Å². The van der Waals surface area contributed by atoms with Gasteiger partial charge in [-0.05, 0) is 39.9 Å². The summed E-state index contributed by atoms with van der Waals surface area (Å²) in [5.41, 5.74) is 1.25. The monoisotopic (exact) mass is 281 g/mol. The SMILES string of the molecule is CCCn1nncc1C(NC)C(C)(CC)N(CC)CC. The Balaban J connectivity index is 3.17. The molecule has 5 nitrogen and oxygen atoms in total. The van der Waals surface area contributed by atoms with Gasteiger partial charge in [0.25, 0.3) is 0 Å². The summed E-state index contributed by atoms with van der Waals surface area (Å²) in [4.78, 5) is 2.53. The van der Waals surface area contributed by atoms with Gasteiger partial charge in [-0.2, -0.15) is 0 Å². The Hall–Kier alpha value is -0.940. The molecule has 1 heterocycles. The van der Waals surface area contributed by atoms with Crippen LogP contribution in [-0.4, -0.2) is 45.6 Å². The van der Waals surface area contributed by atoms with Crippen molar-refractivity contribution >= 4 is 0 Å². The summed E-state index contributed by atoms with van der Waals surface area (Å²) in [6, 6.07) is 0.231. The van der Waals surface area contributed by atoms with E-state index in [0.29, 0.717) is 0 Å². The Labute approximate surface area is 123 Å². The second-order valence-corrected chi connectivity index (χ2v) is 5.49. The minimum absolute atomic E-state index is 0.0610. The van der Waals surface area contributed by atoms with Crippen LogP contribution in [0.15, 0.2) is 6.20 Å². The van der Waals surface area contributed by atoms with Crippen molar-refractivity contribution < 1.29 is 0 Å². The zero-order chi connectivity index (χ0) is 15.2. The highest BCUT2D eigenvalue weighted by Gasteiger charge is 2.38. The smallest absolute Gasteiger partial charge is 0.0775 e. The highest BCUT2D eigenvalue weighted by atomic mass is 15.4. The van der Waals surface area contributed by atoms with E-state index in [1.54, 1.807) is 0 Å². The Kier molecular flexibility index (Phi) is 6.62. The predicted octanol–water partition coefficient (Wildman–Crippen LogP) is 2.46. The van der Waals surface area contributed by atoms with E-state index in [2.05, 4.69) is 55.1 Å². The molecule has 5 heteroatoms. The van der Waals surface area contributed by atoms with Gasteiger partial charge in [-0.15, -0.1) is 5.10 Å². The van der Waals surface area contributed by atoms with Crippen LogP contribution in [0.4, 0.5) is 0 Å². The van der Waals surface area contributed by atoms with Crippen LogP contribution in [0, 0.1) is 0 Å². The molecule has 0 saturated carbocycles. The topological polar surface area (TPSA) is 46.0 Å². The van der Waals surface area contributed by atoms with Gasteiger partial charge in [0.2, 0.25) is 0 Å². The van der Waals surface area contributed by atoms with E-state index in [4.69, 9.17) is 0 Å². The number of aromatic nitrogens is 3. The van der Waals surface area contributed by atoms with Crippen molar-refractivity contribution in [3.8, 4) is 0 Å². The Morgan fingerprint density at radius 3 is 2.40 bits per heavy atom. The lowest BCUT2D eigenvalue weighted by atomic mass is 9.85. The first-order valence-electron chi connectivity index (χ1n) is 7.89. The van der Waals surface area contributed by atoms with Crippen molar-refractivity contribution in [1.29, 1.82) is 0 Å². The van der Waals surface area contributed by atoms with E-state index in [0.717, 1.165) is 32.5 Å². The predicted molar refractivity (Wildman–Crippen MR) is 83.7 cm³/mol. The second kappa shape index (κ2) is 7.74. The molecule has 1 aromatic rings. The van der Waals surface area contributed by atoms with Gasteiger partial charge in [-0.3, -0.25) is 4.90 Å². The molecule has 0 spiro atoms. The molecule has 0 aliphatic carbocycles. The summed E-state index contributed by atoms with van der Waals surface area (Å²) in [6.45, 7) is 14.2. The van der Waals surface area contributed by atoms with Crippen LogP contribution >= 0.6 is 0 Å². The number of nitrogens with one attached hydrogen (secondary N) is 1. The third-order valence-corrected chi connectivity index (χ3v) is 4.49. The Morgan fingerprint density at radius 2 is 1.95 bits per heavy atom. The zero-order valence-electron chi connectivity index (χ0n) is 14.0. The molecule has 1 aromatic heterocycles. The first kappa shape index (κ1) is 17.1. The first-order chi connectivity index (χ1) is 9.58. The highest BCUT2D eigenvalue weighted by molar-refractivity contribution is 5.12. The average Bonchev–Trinajstić information content (AvgIpc) is 2.89. The van der Waals surface area contributed by atoms with Crippen LogP contribution < -0.4 is 5.32 Å². The number of hydrogen-bond acceptors (Lipinski definition) is 4. The van der Waals surface area contributed by atoms with Crippen LogP contribution in [0.2, 0.25) is 0 Å². The van der Waals surface area contributed by atoms with Crippen molar-refractivity contribution in [2.24, 2.45) is 0 Å². The van der Waals surface area contributed by atoms with Crippen molar-refractivity contribution in [1.82, 2.24) is 25.2 Å². The van der Waals surface area contributed by atoms with Crippen LogP contribution in [-0.2, 0) is 6.54 Å². The molecule has 20 heavy (non-hydrogen) atoms. The summed E-state index contributed by atoms with van der Waals surface area (Å²) in [5, 5.41) is 11.9. The van der Waals surface area contributed by atoms with E-state index in [1.165, 1.54) is 5.69 Å². The van der Waals surface area contributed by atoms with Crippen LogP contribution in [0.25, 0.3) is 0 Å². The fraction of sp³-hybridized carbons (Fsp3) is 0.867. The van der Waals surface area contributed by atoms with E-state index >= 15 is 0 Å². The Bertz CT molecular complexity index is 385. The number of rotatable bonds is 9. The minimum Gasteiger partial charge on any atom is -0.310 e. The van der Waals surface area contributed by atoms with Gasteiger partial charge in [-0.25, -0.2) is 4.68 Å². The molecule has 0 saturated heterocycles. The van der Waals surface area contributed by atoms with Crippen molar-refractivity contribution in [2.75, 3.05) is 20.1 Å². The number of likely N-dealkylation sites (N-methyl/N-ethyl adjacent to an activating group) is 2. The molecule has 1 N–H and O–H groups in total. The van der Waals surface area contributed by atoms with Gasteiger partial charge >= 0.3 is 0 Å². The van der Waals surface area contributed by atoms with E-state index in [-0.39, 0.29) is 11.6 Å². The average molecular weight is 281 g/mol. The number of hydrogen-bond donors (Lipinski definition) is 1. The van der Waals surface area contributed by atoms with Gasteiger partial charge < -0.3 is 5.32 Å². The third kappa shape index (κ3) is 3.20. The number of aryl methyl sites for hydroxylation is 1. The summed E-state index contributed by atoms with van der Waals surface area (Å²) < 4.78 is 2.04. The molecule has 1 rings (SSSR count). The van der Waals surface area contributed by atoms with E-state index in [1.807, 2.05) is 17.9 Å². The molecule has 0 aliphatic heterocycles. The summed E-state index contributed by atoms with van der Waals surface area (Å²) in [6.07, 6.45) is 4.06. The fourth-order valence-electron chi connectivity index (χ4n) is 3.21. The Morgan fingerprint density at radius 1 is 1.30 bits per heavy atom. The van der Waals surface area contributed by atoms with E-state index < -0.39 is 0 Å². The standard InChI is InChI=1S/C15H31N5/c1-7-11-20-13(12-17-18-20)14(16-6)15(5,8-2)19(9-3)10-4/h12,14,16H,7-11H2,1-6H3. The van der Waals surface area contributed by atoms with Gasteiger partial charge in [-0.1, -0.05) is 32.9 Å². The molecule has 0 radical (unpaired) electrons. The number of nitrogens with zero attached hydrogens (tertiary/aromatic N) is 4. The van der Waals surface area contributed by atoms with E-state index in [9.17, 15) is 0 Å². The first-order valence-corrected chi connectivity index (χ1v) is 7.89. The maximum absolute atomic E-state index is 4.24. The lowest BCUT2D eigenvalue weighted by Gasteiger charge is -2.45. The molecule has 0 amide bonds. The van der Waals surface area contributed by atoms with Gasteiger partial charge in [0, 0.05) is 12.1 Å². The molecule has 0 aliphatic rings. The lowest BCUT2D eigenvalue weighted by Crippen LogP contribution is -2.54. The van der Waals surface area contributed by atoms with Crippen molar-refractivity contribution in [3.63, 3.8) is 0 Å². The zero-order valence-corrected chi connectivity index (χ0v) is 14.0. The minimum atomic E-state index is 0.0610. The molecule has 0 aromatic carbocycles. The van der Waals surface area contributed by atoms with Crippen molar-refractivity contribution in [2.45, 2.75) is 65.6 Å². The fourth-order valence-corrected chi connectivity index (χ4v) is 3.21. The second-order valence-electron chi connectivity index (χ2n) is 5.49. The van der Waals surface area contributed by atoms with Crippen LogP contribution in [0.3, 0.4) is 0 Å². The highest BCUT2D eigenvalue weighted by Crippen LogP contribution is 2.33. The lowest BCUT2D eigenvalue weighted by molar-refractivity contribution is 0.0693.